The van der Waals surface area contributed by atoms with E-state index in [1.807, 2.05) is 13.2 Å². The molecule has 2 bridgehead atoms. The van der Waals surface area contributed by atoms with Gasteiger partial charge in [-0.3, -0.25) is 4.79 Å². The summed E-state index contributed by atoms with van der Waals surface area (Å²) in [5.41, 5.74) is -0.579. The molecule has 160 valence electrons. The van der Waals surface area contributed by atoms with Crippen molar-refractivity contribution in [2.75, 3.05) is 20.2 Å². The van der Waals surface area contributed by atoms with E-state index in [9.17, 15) is 14.5 Å². The summed E-state index contributed by atoms with van der Waals surface area (Å²) in [6, 6.07) is 0. The lowest BCUT2D eigenvalue weighted by molar-refractivity contribution is -0.247. The number of hydrogen-bond acceptors (Lipinski definition) is 4. The number of rotatable bonds is 5. The van der Waals surface area contributed by atoms with Crippen LogP contribution in [0.25, 0.3) is 0 Å². The van der Waals surface area contributed by atoms with E-state index in [2.05, 4.69) is 6.92 Å². The van der Waals surface area contributed by atoms with Crippen LogP contribution in [0.2, 0.25) is 0 Å². The molecule has 1 unspecified atom stereocenters. The first-order chi connectivity index (χ1) is 13.2. The van der Waals surface area contributed by atoms with Crippen LogP contribution in [0.4, 0.5) is 0 Å². The quantitative estimate of drug-likeness (QED) is 0.548. The van der Waals surface area contributed by atoms with Crippen molar-refractivity contribution in [3.63, 3.8) is 0 Å². The summed E-state index contributed by atoms with van der Waals surface area (Å²) in [5, 5.41) is 10.2. The highest BCUT2D eigenvalue weighted by molar-refractivity contribution is 7.91. The third-order valence-electron chi connectivity index (χ3n) is 9.45. The van der Waals surface area contributed by atoms with Crippen molar-refractivity contribution < 1.29 is 23.9 Å². The molecule has 6 heteroatoms. The minimum absolute atomic E-state index is 0.0195. The Bertz CT molecular complexity index is 626. The Morgan fingerprint density at radius 3 is 2.54 bits per heavy atom. The maximum atomic E-state index is 12.7. The molecule has 0 saturated heterocycles. The number of aliphatic carboxylic acids is 1. The van der Waals surface area contributed by atoms with Crippen LogP contribution in [0.1, 0.15) is 65.2 Å². The van der Waals surface area contributed by atoms with Gasteiger partial charge in [0.1, 0.15) is 18.1 Å². The Morgan fingerprint density at radius 2 is 1.89 bits per heavy atom. The van der Waals surface area contributed by atoms with E-state index in [0.29, 0.717) is 11.8 Å². The lowest BCUT2D eigenvalue weighted by Gasteiger charge is -2.69. The smallest absolute Gasteiger partial charge is 0.309 e. The molecule has 9 atom stereocenters. The first-order valence-electron chi connectivity index (χ1n) is 10.9. The van der Waals surface area contributed by atoms with E-state index in [1.165, 1.54) is 0 Å². The fraction of sp³-hybridized carbons (Fsp3) is 0.955. The van der Waals surface area contributed by atoms with E-state index in [-0.39, 0.29) is 34.9 Å². The molecule has 0 aromatic carbocycles. The van der Waals surface area contributed by atoms with Gasteiger partial charge in [-0.15, -0.1) is 0 Å². The first-order valence-corrected chi connectivity index (χ1v) is 12.5. The molecular formula is C22H36O5S. The van der Waals surface area contributed by atoms with Gasteiger partial charge < -0.3 is 19.1 Å². The summed E-state index contributed by atoms with van der Waals surface area (Å²) in [6.45, 7) is 4.60. The SMILES string of the molecule is COCO[C@@H]1[C@@H]([S+](C)[O-])[C@H]2CC[C@@]13CC[C@H]1[C@@](C)(CCC[C@@]1(C)C(=O)O)[C@@H]3C2. The second-order valence-corrected chi connectivity index (χ2v) is 12.0. The van der Waals surface area contributed by atoms with Gasteiger partial charge in [-0.25, -0.2) is 0 Å². The third-order valence-corrected chi connectivity index (χ3v) is 10.8. The predicted molar refractivity (Wildman–Crippen MR) is 108 cm³/mol. The van der Waals surface area contributed by atoms with Gasteiger partial charge in [-0.1, -0.05) is 24.5 Å². The largest absolute Gasteiger partial charge is 0.616 e. The second kappa shape index (κ2) is 7.14. The molecule has 0 aliphatic heterocycles. The van der Waals surface area contributed by atoms with Crippen molar-refractivity contribution in [1.29, 1.82) is 0 Å². The molecule has 5 fully saturated rings. The number of ether oxygens (including phenoxy) is 2. The maximum absolute atomic E-state index is 12.7. The molecule has 0 amide bonds. The fourth-order valence-electron chi connectivity index (χ4n) is 8.36. The molecule has 0 radical (unpaired) electrons. The van der Waals surface area contributed by atoms with Gasteiger partial charge >= 0.3 is 5.97 Å². The van der Waals surface area contributed by atoms with Crippen LogP contribution in [0, 0.1) is 34.0 Å². The summed E-state index contributed by atoms with van der Waals surface area (Å²) in [6.07, 6.45) is 9.95. The van der Waals surface area contributed by atoms with Crippen LogP contribution in [-0.2, 0) is 25.4 Å². The lowest BCUT2D eigenvalue weighted by atomic mass is 9.36. The summed E-state index contributed by atoms with van der Waals surface area (Å²) < 4.78 is 24.2. The molecule has 5 saturated carbocycles. The van der Waals surface area contributed by atoms with Gasteiger partial charge in [0, 0.05) is 18.4 Å². The normalized spacial score (nSPS) is 51.2. The minimum Gasteiger partial charge on any atom is -0.616 e. The molecule has 1 spiro atoms. The highest BCUT2D eigenvalue weighted by Crippen LogP contribution is 2.72. The van der Waals surface area contributed by atoms with Crippen LogP contribution >= 0.6 is 0 Å². The molecule has 5 aliphatic carbocycles. The number of carboxylic acids is 1. The van der Waals surface area contributed by atoms with E-state index >= 15 is 0 Å². The van der Waals surface area contributed by atoms with Crippen LogP contribution in [0.3, 0.4) is 0 Å². The van der Waals surface area contributed by atoms with E-state index < -0.39 is 22.6 Å². The number of hydrogen-bond donors (Lipinski definition) is 1. The Kier molecular flexibility index (Phi) is 5.34. The van der Waals surface area contributed by atoms with Gasteiger partial charge in [-0.2, -0.15) is 0 Å². The van der Waals surface area contributed by atoms with Gasteiger partial charge in [0.25, 0.3) is 0 Å². The summed E-state index contributed by atoms with van der Waals surface area (Å²) in [7, 11) is 1.64. The predicted octanol–water partition coefficient (Wildman–Crippen LogP) is 3.83. The Labute approximate surface area is 172 Å². The zero-order valence-corrected chi connectivity index (χ0v) is 18.6. The Hall–Kier alpha value is -0.300. The molecule has 0 aromatic heterocycles. The molecule has 5 nitrogen and oxygen atoms in total. The molecule has 0 aromatic rings. The zero-order valence-electron chi connectivity index (χ0n) is 17.7. The molecule has 28 heavy (non-hydrogen) atoms. The topological polar surface area (TPSA) is 78.8 Å². The minimum atomic E-state index is -0.926. The first kappa shape index (κ1) is 21.0. The summed E-state index contributed by atoms with van der Waals surface area (Å²) in [5.74, 6) is 0.459. The van der Waals surface area contributed by atoms with Crippen molar-refractivity contribution in [2.24, 2.45) is 34.0 Å². The van der Waals surface area contributed by atoms with E-state index in [1.54, 1.807) is 7.11 Å². The van der Waals surface area contributed by atoms with Crippen molar-refractivity contribution in [3.8, 4) is 0 Å². The Balaban J connectivity index is 1.74. The summed E-state index contributed by atoms with van der Waals surface area (Å²) in [4.78, 5) is 12.3. The highest BCUT2D eigenvalue weighted by Gasteiger charge is 2.70. The number of methoxy groups -OCH3 is 1. The van der Waals surface area contributed by atoms with Crippen molar-refractivity contribution in [1.82, 2.24) is 0 Å². The lowest BCUT2D eigenvalue weighted by Crippen LogP contribution is -2.69. The van der Waals surface area contributed by atoms with Crippen molar-refractivity contribution in [2.45, 2.75) is 76.6 Å². The van der Waals surface area contributed by atoms with Gasteiger partial charge in [-0.05, 0) is 69.1 Å². The van der Waals surface area contributed by atoms with Crippen LogP contribution < -0.4 is 0 Å². The average molecular weight is 413 g/mol. The Morgan fingerprint density at radius 1 is 1.18 bits per heavy atom. The zero-order chi connectivity index (χ0) is 20.3. The summed E-state index contributed by atoms with van der Waals surface area (Å²) >= 11 is -0.926. The standard InChI is InChI=1S/C22H36O5S/c1-20-8-5-9-21(2,19(23)24)15(20)7-11-22-10-6-14(12-16(20)22)17(28(4)25)18(22)27-13-26-3/h14-18H,5-13H2,1-4H3,(H,23,24)/t14-,15-,16-,17-,18+,20+,21+,22-,28?/m0/s1. The van der Waals surface area contributed by atoms with Gasteiger partial charge in [0.2, 0.25) is 0 Å². The molecule has 0 heterocycles. The van der Waals surface area contributed by atoms with Crippen molar-refractivity contribution >= 4 is 17.1 Å². The molecule has 5 aliphatic rings. The highest BCUT2D eigenvalue weighted by atomic mass is 32.2. The van der Waals surface area contributed by atoms with Crippen LogP contribution in [0.15, 0.2) is 0 Å². The van der Waals surface area contributed by atoms with Gasteiger partial charge in [0.05, 0.1) is 11.7 Å². The third kappa shape index (κ3) is 2.74. The molecular weight excluding hydrogens is 376 g/mol. The monoisotopic (exact) mass is 412 g/mol. The second-order valence-electron chi connectivity index (χ2n) is 10.5. The average Bonchev–Trinajstić information content (AvgIpc) is 2.65. The van der Waals surface area contributed by atoms with E-state index in [0.717, 1.165) is 51.4 Å². The van der Waals surface area contributed by atoms with E-state index in [4.69, 9.17) is 9.47 Å². The van der Waals surface area contributed by atoms with Crippen LogP contribution in [-0.4, -0.2) is 47.1 Å². The van der Waals surface area contributed by atoms with Crippen molar-refractivity contribution in [3.05, 3.63) is 0 Å². The maximum Gasteiger partial charge on any atom is 0.309 e. The number of carbonyl (C=O) groups is 1. The number of fused-ring (bicyclic) bond motifs is 3. The van der Waals surface area contributed by atoms with Crippen LogP contribution in [0.5, 0.6) is 0 Å². The fourth-order valence-corrected chi connectivity index (χ4v) is 9.85. The number of carboxylic acid groups (broad SMARTS) is 1. The molecule has 1 N–H and O–H groups in total. The molecule has 5 rings (SSSR count). The van der Waals surface area contributed by atoms with Gasteiger partial charge in [0.15, 0.2) is 0 Å².